The third-order valence-corrected chi connectivity index (χ3v) is 6.98. The molecule has 2 aliphatic heterocycles. The second-order valence-corrected chi connectivity index (χ2v) is 9.36. The quantitative estimate of drug-likeness (QED) is 0.861. The Balaban J connectivity index is 1.50. The molecular weight excluding hydrogens is 354 g/mol. The minimum absolute atomic E-state index is 0.0631. The van der Waals surface area contributed by atoms with E-state index in [2.05, 4.69) is 10.4 Å². The van der Waals surface area contributed by atoms with Crippen LogP contribution in [-0.4, -0.2) is 48.5 Å². The number of hydrogen-bond donors (Lipinski definition) is 1. The van der Waals surface area contributed by atoms with Crippen LogP contribution in [0.3, 0.4) is 0 Å². The van der Waals surface area contributed by atoms with Crippen LogP contribution in [0.2, 0.25) is 0 Å². The molecular formula is C18H21N3O4S. The molecule has 1 aliphatic carbocycles. The van der Waals surface area contributed by atoms with E-state index in [4.69, 9.17) is 0 Å². The van der Waals surface area contributed by atoms with E-state index in [0.717, 1.165) is 24.9 Å². The standard InChI is InChI=1S/C18H21N3O4S/c22-17-7-6-16(20-21(17)15-8-9-26(24,25)11-15)18(23)19-14-5-4-12-2-1-3-13(12)10-14/h4-5,10,15H,1-3,6-9,11H2,(H,19,23)/t15-/m0/s1. The van der Waals surface area contributed by atoms with Crippen molar-refractivity contribution in [3.8, 4) is 0 Å². The summed E-state index contributed by atoms with van der Waals surface area (Å²) in [6, 6.07) is 5.46. The van der Waals surface area contributed by atoms with Crippen LogP contribution in [0, 0.1) is 0 Å². The van der Waals surface area contributed by atoms with Crippen LogP contribution in [0.15, 0.2) is 23.3 Å². The predicted molar refractivity (Wildman–Crippen MR) is 97.7 cm³/mol. The first-order valence-corrected chi connectivity index (χ1v) is 10.8. The van der Waals surface area contributed by atoms with E-state index in [9.17, 15) is 18.0 Å². The molecule has 1 atom stereocenters. The van der Waals surface area contributed by atoms with Crippen molar-refractivity contribution in [2.24, 2.45) is 5.10 Å². The Morgan fingerprint density at radius 2 is 1.96 bits per heavy atom. The molecule has 0 saturated carbocycles. The summed E-state index contributed by atoms with van der Waals surface area (Å²) < 4.78 is 23.3. The normalized spacial score (nSPS) is 24.3. The number of sulfone groups is 1. The molecule has 2 heterocycles. The van der Waals surface area contributed by atoms with Gasteiger partial charge in [-0.25, -0.2) is 13.4 Å². The zero-order valence-corrected chi connectivity index (χ0v) is 15.2. The van der Waals surface area contributed by atoms with Crippen molar-refractivity contribution in [2.45, 2.75) is 44.6 Å². The van der Waals surface area contributed by atoms with Gasteiger partial charge in [0.1, 0.15) is 5.71 Å². The molecule has 1 aromatic carbocycles. The molecule has 3 aliphatic rings. The maximum absolute atomic E-state index is 12.6. The van der Waals surface area contributed by atoms with Crippen molar-refractivity contribution in [3.05, 3.63) is 29.3 Å². The summed E-state index contributed by atoms with van der Waals surface area (Å²) in [5.74, 6) is -0.572. The van der Waals surface area contributed by atoms with E-state index in [0.29, 0.717) is 6.42 Å². The maximum atomic E-state index is 12.6. The van der Waals surface area contributed by atoms with Crippen LogP contribution >= 0.6 is 0 Å². The maximum Gasteiger partial charge on any atom is 0.271 e. The summed E-state index contributed by atoms with van der Waals surface area (Å²) in [4.78, 5) is 24.7. The molecule has 138 valence electrons. The van der Waals surface area contributed by atoms with Crippen molar-refractivity contribution < 1.29 is 18.0 Å². The number of carbonyl (C=O) groups excluding carboxylic acids is 2. The molecule has 2 amide bonds. The summed E-state index contributed by atoms with van der Waals surface area (Å²) in [5.41, 5.74) is 3.60. The van der Waals surface area contributed by atoms with Crippen LogP contribution in [-0.2, 0) is 32.3 Å². The number of rotatable bonds is 3. The largest absolute Gasteiger partial charge is 0.321 e. The molecule has 0 bridgehead atoms. The Morgan fingerprint density at radius 3 is 2.73 bits per heavy atom. The van der Waals surface area contributed by atoms with Gasteiger partial charge in [0, 0.05) is 18.5 Å². The lowest BCUT2D eigenvalue weighted by Crippen LogP contribution is -2.42. The molecule has 1 saturated heterocycles. The third-order valence-electron chi connectivity index (χ3n) is 5.23. The van der Waals surface area contributed by atoms with E-state index >= 15 is 0 Å². The van der Waals surface area contributed by atoms with Crippen molar-refractivity contribution in [2.75, 3.05) is 16.8 Å². The van der Waals surface area contributed by atoms with E-state index in [1.54, 1.807) is 0 Å². The fourth-order valence-corrected chi connectivity index (χ4v) is 5.53. The Morgan fingerprint density at radius 1 is 1.15 bits per heavy atom. The molecule has 4 rings (SSSR count). The van der Waals surface area contributed by atoms with Gasteiger partial charge in [-0.15, -0.1) is 0 Å². The minimum Gasteiger partial charge on any atom is -0.321 e. The van der Waals surface area contributed by atoms with Crippen molar-refractivity contribution in [1.29, 1.82) is 0 Å². The molecule has 26 heavy (non-hydrogen) atoms. The Kier molecular flexibility index (Phi) is 4.30. The molecule has 0 spiro atoms. The first kappa shape index (κ1) is 17.2. The van der Waals surface area contributed by atoms with Gasteiger partial charge in [-0.1, -0.05) is 6.07 Å². The van der Waals surface area contributed by atoms with Gasteiger partial charge in [0.05, 0.1) is 17.5 Å². The van der Waals surface area contributed by atoms with Crippen LogP contribution in [0.4, 0.5) is 5.69 Å². The Hall–Kier alpha value is -2.22. The molecule has 1 fully saturated rings. The van der Waals surface area contributed by atoms with Crippen molar-refractivity contribution in [3.63, 3.8) is 0 Å². The first-order chi connectivity index (χ1) is 12.4. The summed E-state index contributed by atoms with van der Waals surface area (Å²) in [7, 11) is -3.12. The Bertz CT molecular complexity index is 907. The monoisotopic (exact) mass is 375 g/mol. The van der Waals surface area contributed by atoms with E-state index in [1.807, 2.05) is 18.2 Å². The van der Waals surface area contributed by atoms with Gasteiger partial charge in [-0.05, 0) is 48.9 Å². The topological polar surface area (TPSA) is 95.9 Å². The highest BCUT2D eigenvalue weighted by atomic mass is 32.2. The molecule has 1 aromatic rings. The fraction of sp³-hybridized carbons (Fsp3) is 0.500. The smallest absolute Gasteiger partial charge is 0.271 e. The predicted octanol–water partition coefficient (Wildman–Crippen LogP) is 1.28. The van der Waals surface area contributed by atoms with Gasteiger partial charge in [0.15, 0.2) is 9.84 Å². The lowest BCUT2D eigenvalue weighted by Gasteiger charge is -2.27. The van der Waals surface area contributed by atoms with Crippen LogP contribution in [0.5, 0.6) is 0 Å². The number of amides is 2. The molecule has 0 unspecified atom stereocenters. The average Bonchev–Trinajstić information content (AvgIpc) is 3.20. The fourth-order valence-electron chi connectivity index (χ4n) is 3.84. The second kappa shape index (κ2) is 6.50. The lowest BCUT2D eigenvalue weighted by molar-refractivity contribution is -0.133. The number of anilines is 1. The average molecular weight is 375 g/mol. The van der Waals surface area contributed by atoms with Crippen molar-refractivity contribution >= 4 is 33.1 Å². The van der Waals surface area contributed by atoms with Crippen LogP contribution < -0.4 is 5.32 Å². The summed E-state index contributed by atoms with van der Waals surface area (Å²) in [6.45, 7) is 0. The SMILES string of the molecule is O=C(Nc1ccc2c(c1)CCC2)C1=NN([C@H]2CCS(=O)(=O)C2)C(=O)CC1. The number of benzene rings is 1. The van der Waals surface area contributed by atoms with E-state index in [1.165, 1.54) is 16.1 Å². The van der Waals surface area contributed by atoms with Gasteiger partial charge in [-0.2, -0.15) is 5.10 Å². The molecule has 8 heteroatoms. The van der Waals surface area contributed by atoms with Gasteiger partial charge in [0.2, 0.25) is 5.91 Å². The number of nitrogens with zero attached hydrogens (tertiary/aromatic N) is 2. The highest BCUT2D eigenvalue weighted by molar-refractivity contribution is 7.91. The van der Waals surface area contributed by atoms with Crippen molar-refractivity contribution in [1.82, 2.24) is 5.01 Å². The highest BCUT2D eigenvalue weighted by Crippen LogP contribution is 2.26. The Labute approximate surface area is 152 Å². The number of hydrogen-bond acceptors (Lipinski definition) is 5. The molecule has 1 N–H and O–H groups in total. The minimum atomic E-state index is -3.12. The zero-order valence-electron chi connectivity index (χ0n) is 14.4. The number of aryl methyl sites for hydroxylation is 2. The molecule has 0 radical (unpaired) electrons. The highest BCUT2D eigenvalue weighted by Gasteiger charge is 2.37. The summed E-state index contributed by atoms with van der Waals surface area (Å²) >= 11 is 0. The van der Waals surface area contributed by atoms with Gasteiger partial charge >= 0.3 is 0 Å². The molecule has 0 aromatic heterocycles. The lowest BCUT2D eigenvalue weighted by atomic mass is 10.1. The summed E-state index contributed by atoms with van der Waals surface area (Å²) in [5, 5.41) is 8.27. The van der Waals surface area contributed by atoms with Gasteiger partial charge in [-0.3, -0.25) is 9.59 Å². The van der Waals surface area contributed by atoms with Gasteiger partial charge in [0.25, 0.3) is 5.91 Å². The number of fused-ring (bicyclic) bond motifs is 1. The summed E-state index contributed by atoms with van der Waals surface area (Å²) in [6.07, 6.45) is 4.06. The first-order valence-electron chi connectivity index (χ1n) is 8.94. The third kappa shape index (κ3) is 3.38. The van der Waals surface area contributed by atoms with E-state index < -0.39 is 15.9 Å². The van der Waals surface area contributed by atoms with Gasteiger partial charge < -0.3 is 5.32 Å². The second-order valence-electron chi connectivity index (χ2n) is 7.13. The number of hydrazone groups is 1. The van der Waals surface area contributed by atoms with E-state index in [-0.39, 0.29) is 41.9 Å². The van der Waals surface area contributed by atoms with Crippen LogP contribution in [0.1, 0.15) is 36.8 Å². The number of carbonyl (C=O) groups is 2. The zero-order chi connectivity index (χ0) is 18.3. The molecule has 7 nitrogen and oxygen atoms in total. The van der Waals surface area contributed by atoms with Crippen LogP contribution in [0.25, 0.3) is 0 Å². The number of nitrogens with one attached hydrogen (secondary N) is 1.